The smallest absolute Gasteiger partial charge is 0.411 e. The zero-order valence-corrected chi connectivity index (χ0v) is 31.1. The van der Waals surface area contributed by atoms with Gasteiger partial charge in [0.25, 0.3) is 15.9 Å². The Morgan fingerprint density at radius 3 is 2.22 bits per heavy atom. The van der Waals surface area contributed by atoms with Crippen LogP contribution in [0.2, 0.25) is 0 Å². The van der Waals surface area contributed by atoms with E-state index in [0.29, 0.717) is 49.1 Å². The first-order chi connectivity index (χ1) is 23.0. The fourth-order valence-corrected chi connectivity index (χ4v) is 8.68. The average molecular weight is 751 g/mol. The van der Waals surface area contributed by atoms with Crippen LogP contribution in [0.15, 0.2) is 65.6 Å². The van der Waals surface area contributed by atoms with Crippen LogP contribution in [0.25, 0.3) is 0 Å². The van der Waals surface area contributed by atoms with Crippen LogP contribution in [0, 0.1) is 6.92 Å². The molecule has 0 radical (unpaired) electrons. The summed E-state index contributed by atoms with van der Waals surface area (Å²) < 4.78 is 46.9. The van der Waals surface area contributed by atoms with E-state index in [1.807, 2.05) is 6.92 Å². The fourth-order valence-electron chi connectivity index (χ4n) is 7.08. The van der Waals surface area contributed by atoms with Gasteiger partial charge in [0.05, 0.1) is 19.9 Å². The zero-order valence-electron chi connectivity index (χ0n) is 28.7. The summed E-state index contributed by atoms with van der Waals surface area (Å²) >= 11 is 0. The number of likely N-dealkylation sites (tertiary alicyclic amines) is 1. The summed E-state index contributed by atoms with van der Waals surface area (Å²) in [6.45, 7) is 6.13. The van der Waals surface area contributed by atoms with Gasteiger partial charge in [0.1, 0.15) is 16.4 Å². The molecule has 2 saturated heterocycles. The van der Waals surface area contributed by atoms with Crippen molar-refractivity contribution in [1.29, 1.82) is 0 Å². The Labute approximate surface area is 306 Å². The van der Waals surface area contributed by atoms with Gasteiger partial charge in [-0.2, -0.15) is 4.31 Å². The number of aryl methyl sites for hydroxylation is 1. The molecule has 0 bridgehead atoms. The molecule has 0 aliphatic carbocycles. The van der Waals surface area contributed by atoms with Gasteiger partial charge in [0, 0.05) is 56.0 Å². The van der Waals surface area contributed by atoms with E-state index in [-0.39, 0.29) is 53.3 Å². The molecule has 15 heteroatoms. The van der Waals surface area contributed by atoms with Crippen molar-refractivity contribution >= 4 is 52.5 Å². The van der Waals surface area contributed by atoms with Gasteiger partial charge in [-0.25, -0.2) is 13.2 Å². The number of nitrogens with two attached hydrogens (primary N) is 1. The number of sulfonamides is 1. The molecular formula is C35H45Cl2N5O7S. The number of methoxy groups -OCH3 is 2. The minimum Gasteiger partial charge on any atom is -0.497 e. The van der Waals surface area contributed by atoms with Crippen LogP contribution in [0.1, 0.15) is 35.1 Å². The number of anilines is 1. The van der Waals surface area contributed by atoms with Crippen LogP contribution in [0.3, 0.4) is 0 Å². The third-order valence-corrected chi connectivity index (χ3v) is 11.5. The van der Waals surface area contributed by atoms with E-state index in [1.165, 1.54) is 32.4 Å². The number of piperazine rings is 1. The monoisotopic (exact) mass is 749 g/mol. The Morgan fingerprint density at radius 2 is 1.58 bits per heavy atom. The molecule has 1 atom stereocenters. The van der Waals surface area contributed by atoms with Gasteiger partial charge in [-0.3, -0.25) is 9.69 Å². The first-order valence-corrected chi connectivity index (χ1v) is 17.6. The molecule has 3 heterocycles. The molecule has 1 unspecified atom stereocenters. The standard InChI is InChI=1S/C35H43N5O7S.2ClH/c1-24-9-11-30-29(21-24)35(28-8-6-5-7-25(28)23-36,33(41)40(30)48(43,44)32-12-10-27(45-3)22-31(32)46-4)47-34(42)39-19-17-38(18-20-39)26-13-15-37(2)16-14-26;;/h5-12,21-22,26H,13-20,23,36H2,1-4H3;2*1H. The van der Waals surface area contributed by atoms with E-state index in [4.69, 9.17) is 19.9 Å². The number of rotatable bonds is 8. The lowest BCUT2D eigenvalue weighted by molar-refractivity contribution is -0.132. The highest BCUT2D eigenvalue weighted by atomic mass is 35.5. The number of piperidine rings is 1. The van der Waals surface area contributed by atoms with Crippen molar-refractivity contribution in [1.82, 2.24) is 14.7 Å². The minimum absolute atomic E-state index is 0. The molecular weight excluding hydrogens is 705 g/mol. The highest BCUT2D eigenvalue weighted by Crippen LogP contribution is 2.51. The molecule has 272 valence electrons. The Bertz CT molecular complexity index is 1810. The minimum atomic E-state index is -4.61. The highest BCUT2D eigenvalue weighted by Gasteiger charge is 2.60. The molecule has 3 aromatic carbocycles. The summed E-state index contributed by atoms with van der Waals surface area (Å²) in [4.78, 5) is 35.3. The number of amides is 2. The topological polar surface area (TPSA) is 135 Å². The molecule has 2 fully saturated rings. The summed E-state index contributed by atoms with van der Waals surface area (Å²) in [5.41, 5.74) is 5.97. The number of hydrogen-bond donors (Lipinski definition) is 1. The molecule has 3 aliphatic rings. The number of carbonyl (C=O) groups excluding carboxylic acids is 2. The third-order valence-electron chi connectivity index (χ3n) is 9.76. The van der Waals surface area contributed by atoms with Crippen molar-refractivity contribution in [3.05, 3.63) is 82.9 Å². The van der Waals surface area contributed by atoms with Crippen LogP contribution in [0.4, 0.5) is 10.5 Å². The number of hydrogen-bond acceptors (Lipinski definition) is 10. The van der Waals surface area contributed by atoms with Crippen molar-refractivity contribution in [2.24, 2.45) is 5.73 Å². The molecule has 3 aromatic rings. The maximum absolute atomic E-state index is 15.0. The van der Waals surface area contributed by atoms with E-state index >= 15 is 4.79 Å². The van der Waals surface area contributed by atoms with Crippen LogP contribution < -0.4 is 19.5 Å². The van der Waals surface area contributed by atoms with Gasteiger partial charge >= 0.3 is 6.09 Å². The van der Waals surface area contributed by atoms with Crippen molar-refractivity contribution in [2.45, 2.75) is 42.8 Å². The van der Waals surface area contributed by atoms with E-state index in [9.17, 15) is 13.2 Å². The normalized spacial score (nSPS) is 20.1. The third kappa shape index (κ3) is 6.87. The van der Waals surface area contributed by atoms with E-state index in [1.54, 1.807) is 47.4 Å². The van der Waals surface area contributed by atoms with Gasteiger partial charge in [0.15, 0.2) is 0 Å². The second-order valence-electron chi connectivity index (χ2n) is 12.6. The number of halogens is 2. The Kier molecular flexibility index (Phi) is 12.3. The molecule has 0 spiro atoms. The lowest BCUT2D eigenvalue weighted by atomic mass is 9.83. The predicted octanol–water partition coefficient (Wildman–Crippen LogP) is 4.14. The number of fused-ring (bicyclic) bond motifs is 1. The number of carbonyl (C=O) groups is 2. The van der Waals surface area contributed by atoms with Gasteiger partial charge in [-0.05, 0) is 69.7 Å². The molecule has 0 saturated carbocycles. The van der Waals surface area contributed by atoms with Crippen LogP contribution in [-0.4, -0.2) is 102 Å². The summed E-state index contributed by atoms with van der Waals surface area (Å²) in [5, 5.41) is 0. The van der Waals surface area contributed by atoms with Gasteiger partial charge < -0.3 is 29.7 Å². The second-order valence-corrected chi connectivity index (χ2v) is 14.3. The largest absolute Gasteiger partial charge is 0.497 e. The Morgan fingerprint density at radius 1 is 0.900 bits per heavy atom. The predicted molar refractivity (Wildman–Crippen MR) is 195 cm³/mol. The average Bonchev–Trinajstić information content (AvgIpc) is 3.35. The van der Waals surface area contributed by atoms with E-state index in [0.717, 1.165) is 35.8 Å². The number of benzene rings is 3. The van der Waals surface area contributed by atoms with Gasteiger partial charge in [-0.15, -0.1) is 24.8 Å². The van der Waals surface area contributed by atoms with Gasteiger partial charge in [-0.1, -0.05) is 35.9 Å². The second kappa shape index (κ2) is 15.7. The SMILES string of the molecule is COc1ccc(S(=O)(=O)N2C(=O)C(OC(=O)N3CCN(C4CCN(C)CC4)CC3)(c3ccccc3CN)c3cc(C)ccc32)c(OC)c1.Cl.Cl. The van der Waals surface area contributed by atoms with Crippen LogP contribution >= 0.6 is 24.8 Å². The van der Waals surface area contributed by atoms with Crippen LogP contribution in [-0.2, 0) is 31.7 Å². The molecule has 0 aromatic heterocycles. The lowest BCUT2D eigenvalue weighted by Crippen LogP contribution is -2.55. The molecule has 3 aliphatic heterocycles. The van der Waals surface area contributed by atoms with Crippen molar-refractivity contribution in [3.8, 4) is 11.5 Å². The van der Waals surface area contributed by atoms with Crippen LogP contribution in [0.5, 0.6) is 11.5 Å². The van der Waals surface area contributed by atoms with Crippen molar-refractivity contribution in [3.63, 3.8) is 0 Å². The zero-order chi connectivity index (χ0) is 34.2. The van der Waals surface area contributed by atoms with Crippen molar-refractivity contribution in [2.75, 3.05) is 64.8 Å². The fraction of sp³-hybridized carbons (Fsp3) is 0.429. The van der Waals surface area contributed by atoms with E-state index < -0.39 is 27.6 Å². The Balaban J connectivity index is 0.00000281. The number of ether oxygens (including phenoxy) is 3. The maximum Gasteiger partial charge on any atom is 0.411 e. The lowest BCUT2D eigenvalue weighted by Gasteiger charge is -2.42. The summed E-state index contributed by atoms with van der Waals surface area (Å²) in [7, 11) is 0.320. The number of nitrogens with zero attached hydrogens (tertiary/aromatic N) is 4. The molecule has 2 N–H and O–H groups in total. The first kappa shape index (κ1) is 39.2. The molecule has 12 nitrogen and oxygen atoms in total. The molecule has 2 amide bonds. The molecule has 6 rings (SSSR count). The van der Waals surface area contributed by atoms with Gasteiger partial charge in [0.2, 0.25) is 5.60 Å². The highest BCUT2D eigenvalue weighted by molar-refractivity contribution is 7.93. The maximum atomic E-state index is 15.0. The molecule has 50 heavy (non-hydrogen) atoms. The summed E-state index contributed by atoms with van der Waals surface area (Å²) in [6.07, 6.45) is 1.45. The summed E-state index contributed by atoms with van der Waals surface area (Å²) in [5.74, 6) is -0.569. The first-order valence-electron chi connectivity index (χ1n) is 16.2. The quantitative estimate of drug-likeness (QED) is 0.358. The van der Waals surface area contributed by atoms with E-state index in [2.05, 4.69) is 16.8 Å². The Hall–Kier alpha value is -3.59. The summed E-state index contributed by atoms with van der Waals surface area (Å²) in [6, 6.07) is 16.6. The van der Waals surface area contributed by atoms with Crippen molar-refractivity contribution < 1.29 is 32.2 Å².